The van der Waals surface area contributed by atoms with Crippen molar-refractivity contribution in [2.24, 2.45) is 0 Å². The molecule has 0 spiro atoms. The van der Waals surface area contributed by atoms with Gasteiger partial charge in [0.1, 0.15) is 36.6 Å². The molecule has 0 heterocycles. The molecule has 364 valence electrons. The number of amides is 1. The topological polar surface area (TPSA) is 226 Å². The van der Waals surface area contributed by atoms with Crippen molar-refractivity contribution in [2.45, 2.75) is 255 Å². The maximum atomic E-state index is 13.0. The molecule has 8 unspecified atom stereocenters. The number of aliphatic hydroxyl groups is 7. The van der Waals surface area contributed by atoms with Crippen molar-refractivity contribution in [1.29, 1.82) is 0 Å². The summed E-state index contributed by atoms with van der Waals surface area (Å²) in [6.07, 6.45) is 29.4. The average molecular weight is 904 g/mol. The smallest absolute Gasteiger partial charge is 0.393 e. The second-order valence-electron chi connectivity index (χ2n) is 17.5. The van der Waals surface area contributed by atoms with Crippen LogP contribution in [-0.2, 0) is 18.4 Å². The molecule has 0 aromatic heterocycles. The maximum Gasteiger partial charge on any atom is 0.472 e. The Balaban J connectivity index is 2.56. The van der Waals surface area contributed by atoms with Gasteiger partial charge in [-0.1, -0.05) is 172 Å². The lowest BCUT2D eigenvalue weighted by Crippen LogP contribution is -2.64. The fourth-order valence-corrected chi connectivity index (χ4v) is 8.63. The first kappa shape index (κ1) is 58.5. The molecule has 0 aromatic carbocycles. The van der Waals surface area contributed by atoms with Crippen LogP contribution in [0.4, 0.5) is 0 Å². The summed E-state index contributed by atoms with van der Waals surface area (Å²) < 4.78 is 22.9. The fourth-order valence-electron chi connectivity index (χ4n) is 7.66. The third-order valence-corrected chi connectivity index (χ3v) is 12.7. The Morgan fingerprint density at radius 1 is 0.565 bits per heavy atom. The van der Waals surface area contributed by atoms with Crippen LogP contribution in [0.15, 0.2) is 36.5 Å². The van der Waals surface area contributed by atoms with E-state index < -0.39 is 75.2 Å². The summed E-state index contributed by atoms with van der Waals surface area (Å²) in [6, 6.07) is -1.26. The molecular weight excluding hydrogens is 813 g/mol. The first-order chi connectivity index (χ1) is 29.8. The van der Waals surface area contributed by atoms with Crippen LogP contribution in [0.5, 0.6) is 0 Å². The van der Waals surface area contributed by atoms with E-state index >= 15 is 0 Å². The van der Waals surface area contributed by atoms with Crippen molar-refractivity contribution >= 4 is 13.7 Å². The molecule has 1 amide bonds. The van der Waals surface area contributed by atoms with Gasteiger partial charge in [-0.15, -0.1) is 0 Å². The number of hydrogen-bond acceptors (Lipinski definition) is 11. The number of phosphoric ester groups is 1. The van der Waals surface area contributed by atoms with Gasteiger partial charge in [0.2, 0.25) is 5.91 Å². The second-order valence-corrected chi connectivity index (χ2v) is 18.9. The van der Waals surface area contributed by atoms with E-state index in [1.165, 1.54) is 109 Å². The van der Waals surface area contributed by atoms with E-state index in [0.717, 1.165) is 64.2 Å². The van der Waals surface area contributed by atoms with E-state index in [-0.39, 0.29) is 6.42 Å². The predicted molar refractivity (Wildman–Crippen MR) is 247 cm³/mol. The standard InChI is InChI=1S/C48H90NO12P/c1-3-5-7-9-11-13-15-17-19-20-22-24-26-28-30-32-34-36-41(51)40(38-60-62(58,59)61-48-46(56)44(54)43(53)45(55)47(48)57)49-42(52)37-39(50)35-33-31-29-27-25-23-21-18-16-14-12-10-8-6-4-2/h18,21,26,28,34,36,39-41,43-48,50-51,53-57H,3-17,19-20,22-25,27,29-33,35,37-38H2,1-2H3,(H,49,52)(H,58,59)/b21-18-,28-26+,36-34+. The highest BCUT2D eigenvalue weighted by atomic mass is 31.2. The number of aliphatic hydroxyl groups excluding tert-OH is 7. The zero-order valence-corrected chi connectivity index (χ0v) is 39.4. The minimum Gasteiger partial charge on any atom is -0.393 e. The van der Waals surface area contributed by atoms with Gasteiger partial charge in [-0.05, 0) is 57.8 Å². The molecule has 0 bridgehead atoms. The van der Waals surface area contributed by atoms with Crippen LogP contribution in [0.25, 0.3) is 0 Å². The third kappa shape index (κ3) is 29.1. The Labute approximate surface area is 375 Å². The molecule has 9 N–H and O–H groups in total. The SMILES string of the molecule is CCCCCCCC/C=C\CCCCCCCC(O)CC(=O)NC(COP(=O)(O)OC1C(O)C(O)C(O)C(O)C1O)C(O)/C=C/CC/C=C/CCCCCCCCCCCCC. The van der Waals surface area contributed by atoms with Crippen molar-refractivity contribution in [1.82, 2.24) is 5.32 Å². The van der Waals surface area contributed by atoms with Gasteiger partial charge in [-0.25, -0.2) is 4.57 Å². The van der Waals surface area contributed by atoms with Crippen LogP contribution < -0.4 is 5.32 Å². The summed E-state index contributed by atoms with van der Waals surface area (Å²) in [5.74, 6) is -0.608. The quantitative estimate of drug-likeness (QED) is 0.0160. The number of unbranched alkanes of at least 4 members (excludes halogenated alkanes) is 23. The molecule has 0 aromatic rings. The van der Waals surface area contributed by atoms with Gasteiger partial charge in [0.15, 0.2) is 0 Å². The normalized spacial score (nSPS) is 23.3. The highest BCUT2D eigenvalue weighted by molar-refractivity contribution is 7.47. The Morgan fingerprint density at radius 3 is 1.42 bits per heavy atom. The Bertz CT molecular complexity index is 1200. The van der Waals surface area contributed by atoms with E-state index in [1.807, 2.05) is 0 Å². The maximum absolute atomic E-state index is 13.0. The van der Waals surface area contributed by atoms with Crippen LogP contribution in [0.2, 0.25) is 0 Å². The summed E-state index contributed by atoms with van der Waals surface area (Å²) in [5.41, 5.74) is 0. The number of carbonyl (C=O) groups is 1. The van der Waals surface area contributed by atoms with E-state index in [4.69, 9.17) is 9.05 Å². The molecule has 14 heteroatoms. The summed E-state index contributed by atoms with van der Waals surface area (Å²) >= 11 is 0. The number of allylic oxidation sites excluding steroid dienone is 5. The molecular formula is C48H90NO12P. The molecule has 62 heavy (non-hydrogen) atoms. The summed E-state index contributed by atoms with van der Waals surface area (Å²) in [7, 11) is -5.15. The first-order valence-corrected chi connectivity index (χ1v) is 26.0. The lowest BCUT2D eigenvalue weighted by molar-refractivity contribution is -0.220. The molecule has 1 aliphatic carbocycles. The molecule has 1 saturated carbocycles. The number of hydrogen-bond donors (Lipinski definition) is 9. The average Bonchev–Trinajstić information content (AvgIpc) is 3.24. The molecule has 13 nitrogen and oxygen atoms in total. The van der Waals surface area contributed by atoms with Gasteiger partial charge in [0.05, 0.1) is 31.3 Å². The number of nitrogens with one attached hydrogen (secondary N) is 1. The zero-order chi connectivity index (χ0) is 45.9. The van der Waals surface area contributed by atoms with Gasteiger partial charge in [-0.3, -0.25) is 13.8 Å². The van der Waals surface area contributed by atoms with Crippen molar-refractivity contribution < 1.29 is 59.0 Å². The molecule has 0 radical (unpaired) electrons. The minimum atomic E-state index is -5.15. The predicted octanol–water partition coefficient (Wildman–Crippen LogP) is 8.53. The monoisotopic (exact) mass is 904 g/mol. The number of rotatable bonds is 40. The minimum absolute atomic E-state index is 0.258. The van der Waals surface area contributed by atoms with Crippen molar-refractivity contribution in [2.75, 3.05) is 6.61 Å². The third-order valence-electron chi connectivity index (χ3n) is 11.7. The Morgan fingerprint density at radius 2 is 0.952 bits per heavy atom. The van der Waals surface area contributed by atoms with E-state index in [9.17, 15) is 50.0 Å². The van der Waals surface area contributed by atoms with Gasteiger partial charge in [0, 0.05) is 0 Å². The highest BCUT2D eigenvalue weighted by Crippen LogP contribution is 2.47. The molecule has 0 aliphatic heterocycles. The number of phosphoric acid groups is 1. The van der Waals surface area contributed by atoms with Crippen LogP contribution in [-0.4, -0.2) is 108 Å². The van der Waals surface area contributed by atoms with Gasteiger partial charge >= 0.3 is 7.82 Å². The van der Waals surface area contributed by atoms with E-state index in [1.54, 1.807) is 6.08 Å². The first-order valence-electron chi connectivity index (χ1n) is 24.5. The molecule has 1 aliphatic rings. The lowest BCUT2D eigenvalue weighted by Gasteiger charge is -2.41. The van der Waals surface area contributed by atoms with Crippen molar-refractivity contribution in [3.8, 4) is 0 Å². The Hall–Kier alpha value is -1.48. The van der Waals surface area contributed by atoms with Crippen LogP contribution in [0, 0.1) is 0 Å². The van der Waals surface area contributed by atoms with Crippen LogP contribution in [0.1, 0.15) is 200 Å². The highest BCUT2D eigenvalue weighted by Gasteiger charge is 2.51. The van der Waals surface area contributed by atoms with Gasteiger partial charge in [0.25, 0.3) is 0 Å². The molecule has 0 saturated heterocycles. The number of carbonyl (C=O) groups excluding carboxylic acids is 1. The van der Waals surface area contributed by atoms with Crippen LogP contribution >= 0.6 is 7.82 Å². The van der Waals surface area contributed by atoms with Crippen molar-refractivity contribution in [3.05, 3.63) is 36.5 Å². The van der Waals surface area contributed by atoms with Gasteiger partial charge in [-0.2, -0.15) is 0 Å². The van der Waals surface area contributed by atoms with E-state index in [2.05, 4.69) is 43.5 Å². The summed E-state index contributed by atoms with van der Waals surface area (Å²) in [5, 5.41) is 74.5. The second kappa shape index (κ2) is 37.7. The largest absolute Gasteiger partial charge is 0.472 e. The fraction of sp³-hybridized carbons (Fsp3) is 0.854. The Kier molecular flexibility index (Phi) is 35.6. The molecule has 8 atom stereocenters. The molecule has 1 fully saturated rings. The molecule has 1 rings (SSSR count). The van der Waals surface area contributed by atoms with E-state index in [0.29, 0.717) is 12.8 Å². The zero-order valence-electron chi connectivity index (χ0n) is 38.5. The van der Waals surface area contributed by atoms with Crippen molar-refractivity contribution in [3.63, 3.8) is 0 Å². The van der Waals surface area contributed by atoms with Crippen LogP contribution in [0.3, 0.4) is 0 Å². The summed E-state index contributed by atoms with van der Waals surface area (Å²) in [6.45, 7) is 3.72. The summed E-state index contributed by atoms with van der Waals surface area (Å²) in [4.78, 5) is 23.5. The lowest BCUT2D eigenvalue weighted by atomic mass is 9.85. The van der Waals surface area contributed by atoms with Gasteiger partial charge < -0.3 is 46.0 Å².